The van der Waals surface area contributed by atoms with Gasteiger partial charge >= 0.3 is 6.18 Å². The van der Waals surface area contributed by atoms with Gasteiger partial charge in [-0.1, -0.05) is 12.1 Å². The molecule has 0 radical (unpaired) electrons. The van der Waals surface area contributed by atoms with Crippen molar-refractivity contribution in [2.45, 2.75) is 43.2 Å². The lowest BCUT2D eigenvalue weighted by molar-refractivity contribution is -0.137. The number of benzene rings is 2. The molecule has 1 aliphatic carbocycles. The molecule has 33 heavy (non-hydrogen) atoms. The van der Waals surface area contributed by atoms with Crippen molar-refractivity contribution in [3.05, 3.63) is 53.6 Å². The molecule has 1 saturated carbocycles. The monoisotopic (exact) mass is 482 g/mol. The Hall–Kier alpha value is -2.59. The van der Waals surface area contributed by atoms with E-state index in [-0.39, 0.29) is 28.4 Å². The second-order valence-corrected chi connectivity index (χ2v) is 10.2. The van der Waals surface area contributed by atoms with E-state index < -0.39 is 21.8 Å². The van der Waals surface area contributed by atoms with Crippen LogP contribution in [0.1, 0.15) is 43.2 Å². The van der Waals surface area contributed by atoms with Crippen LogP contribution in [0.5, 0.6) is 5.75 Å². The van der Waals surface area contributed by atoms with Crippen molar-refractivity contribution in [3.8, 4) is 5.75 Å². The second-order valence-electron chi connectivity index (χ2n) is 8.26. The van der Waals surface area contributed by atoms with E-state index in [0.29, 0.717) is 37.4 Å². The summed E-state index contributed by atoms with van der Waals surface area (Å²) in [6, 6.07) is 9.36. The first-order valence-electron chi connectivity index (χ1n) is 10.9. The Bertz CT molecular complexity index is 1130. The summed E-state index contributed by atoms with van der Waals surface area (Å²) in [7, 11) is -3.76. The van der Waals surface area contributed by atoms with Crippen LogP contribution in [0.25, 0.3) is 0 Å². The number of hydrogen-bond acceptors (Lipinski definition) is 4. The maximum absolute atomic E-state index is 13.1. The summed E-state index contributed by atoms with van der Waals surface area (Å²) < 4.78 is 71.4. The summed E-state index contributed by atoms with van der Waals surface area (Å²) in [5, 5.41) is 2.75. The van der Waals surface area contributed by atoms with Gasteiger partial charge in [-0.05, 0) is 68.0 Å². The average Bonchev–Trinajstić information content (AvgIpc) is 3.37. The maximum Gasteiger partial charge on any atom is 0.416 e. The minimum atomic E-state index is -4.40. The van der Waals surface area contributed by atoms with Gasteiger partial charge in [-0.2, -0.15) is 17.5 Å². The number of halogens is 3. The van der Waals surface area contributed by atoms with Crippen LogP contribution < -0.4 is 10.1 Å². The molecule has 2 unspecified atom stereocenters. The van der Waals surface area contributed by atoms with E-state index in [9.17, 15) is 26.4 Å². The Balaban J connectivity index is 1.48. The lowest BCUT2D eigenvalue weighted by Gasteiger charge is -2.19. The summed E-state index contributed by atoms with van der Waals surface area (Å²) in [5.74, 6) is -0.611. The van der Waals surface area contributed by atoms with Crippen LogP contribution >= 0.6 is 0 Å². The lowest BCUT2D eigenvalue weighted by Crippen LogP contribution is -2.28. The predicted molar refractivity (Wildman–Crippen MR) is 117 cm³/mol. The van der Waals surface area contributed by atoms with E-state index in [0.717, 1.165) is 25.0 Å². The van der Waals surface area contributed by atoms with Crippen LogP contribution in [-0.2, 0) is 21.0 Å². The number of nitrogens with zero attached hydrogens (tertiary/aromatic N) is 1. The molecule has 0 spiro atoms. The fourth-order valence-corrected chi connectivity index (χ4v) is 5.81. The largest absolute Gasteiger partial charge is 0.492 e. The van der Waals surface area contributed by atoms with E-state index in [4.69, 9.17) is 4.74 Å². The number of rotatable bonds is 7. The minimum absolute atomic E-state index is 0.0131. The number of ether oxygens (including phenoxy) is 1. The Morgan fingerprint density at radius 2 is 1.79 bits per heavy atom. The van der Waals surface area contributed by atoms with Gasteiger partial charge in [-0.3, -0.25) is 4.79 Å². The average molecular weight is 483 g/mol. The third kappa shape index (κ3) is 5.01. The van der Waals surface area contributed by atoms with Gasteiger partial charge in [-0.15, -0.1) is 0 Å². The standard InChI is InChI=1S/C23H25F3N2O4S/c1-2-32-20-10-9-17(13-21(20)33(30,31)28-11-3-4-12-28)27-22(29)19-14-18(19)15-5-7-16(8-6-15)23(24,25)26/h5-10,13,18-19H,2-4,11-12,14H2,1H3,(H,27,29). The Morgan fingerprint density at radius 3 is 2.39 bits per heavy atom. The third-order valence-electron chi connectivity index (χ3n) is 5.99. The molecule has 0 bridgehead atoms. The van der Waals surface area contributed by atoms with Gasteiger partial charge in [0.2, 0.25) is 15.9 Å². The Labute approximate surface area is 190 Å². The summed E-state index contributed by atoms with van der Waals surface area (Å²) >= 11 is 0. The lowest BCUT2D eigenvalue weighted by atomic mass is 10.1. The molecule has 6 nitrogen and oxygen atoms in total. The molecule has 1 aliphatic heterocycles. The van der Waals surface area contributed by atoms with Crippen LogP contribution in [0.2, 0.25) is 0 Å². The highest BCUT2D eigenvalue weighted by Gasteiger charge is 2.44. The van der Waals surface area contributed by atoms with E-state index in [1.165, 1.54) is 28.6 Å². The second kappa shape index (κ2) is 8.98. The molecule has 1 saturated heterocycles. The third-order valence-corrected chi connectivity index (χ3v) is 7.91. The molecule has 2 atom stereocenters. The Kier molecular flexibility index (Phi) is 6.41. The zero-order chi connectivity index (χ0) is 23.8. The molecule has 2 aromatic rings. The van der Waals surface area contributed by atoms with Gasteiger partial charge in [-0.25, -0.2) is 8.42 Å². The number of carbonyl (C=O) groups is 1. The fraction of sp³-hybridized carbons (Fsp3) is 0.435. The van der Waals surface area contributed by atoms with Crippen molar-refractivity contribution in [2.75, 3.05) is 25.0 Å². The van der Waals surface area contributed by atoms with Crippen molar-refractivity contribution in [3.63, 3.8) is 0 Å². The van der Waals surface area contributed by atoms with E-state index in [1.807, 2.05) is 0 Å². The molecule has 2 aliphatic rings. The molecule has 2 fully saturated rings. The van der Waals surface area contributed by atoms with Gasteiger partial charge in [0, 0.05) is 24.7 Å². The number of nitrogens with one attached hydrogen (secondary N) is 1. The first kappa shape index (κ1) is 23.6. The number of amides is 1. The van der Waals surface area contributed by atoms with Crippen molar-refractivity contribution in [1.29, 1.82) is 0 Å². The molecule has 1 heterocycles. The summed E-state index contributed by atoms with van der Waals surface area (Å²) in [4.78, 5) is 12.7. The normalized spacial score (nSPS) is 21.1. The molecule has 0 aromatic heterocycles. The molecule has 178 valence electrons. The number of anilines is 1. The summed E-state index contributed by atoms with van der Waals surface area (Å²) in [6.45, 7) is 2.95. The highest BCUT2D eigenvalue weighted by atomic mass is 32.2. The van der Waals surface area contributed by atoms with E-state index in [1.54, 1.807) is 13.0 Å². The van der Waals surface area contributed by atoms with Gasteiger partial charge in [0.05, 0.1) is 12.2 Å². The van der Waals surface area contributed by atoms with Gasteiger partial charge in [0.1, 0.15) is 10.6 Å². The van der Waals surface area contributed by atoms with E-state index in [2.05, 4.69) is 5.32 Å². The zero-order valence-corrected chi connectivity index (χ0v) is 18.9. The van der Waals surface area contributed by atoms with Crippen LogP contribution in [0, 0.1) is 5.92 Å². The van der Waals surface area contributed by atoms with Gasteiger partial charge < -0.3 is 10.1 Å². The van der Waals surface area contributed by atoms with Gasteiger partial charge in [0.15, 0.2) is 0 Å². The Morgan fingerprint density at radius 1 is 1.12 bits per heavy atom. The van der Waals surface area contributed by atoms with Crippen molar-refractivity contribution >= 4 is 21.6 Å². The smallest absolute Gasteiger partial charge is 0.416 e. The minimum Gasteiger partial charge on any atom is -0.492 e. The first-order valence-corrected chi connectivity index (χ1v) is 12.3. The van der Waals surface area contributed by atoms with Crippen LogP contribution in [-0.4, -0.2) is 38.3 Å². The highest BCUT2D eigenvalue weighted by Crippen LogP contribution is 2.48. The van der Waals surface area contributed by atoms with Crippen LogP contribution in [0.4, 0.5) is 18.9 Å². The predicted octanol–water partition coefficient (Wildman–Crippen LogP) is 4.63. The molecule has 2 aromatic carbocycles. The molecule has 1 amide bonds. The number of sulfonamides is 1. The van der Waals surface area contributed by atoms with Crippen LogP contribution in [0.15, 0.2) is 47.4 Å². The maximum atomic E-state index is 13.1. The number of carbonyl (C=O) groups excluding carboxylic acids is 1. The molecule has 10 heteroatoms. The number of alkyl halides is 3. The van der Waals surface area contributed by atoms with E-state index >= 15 is 0 Å². The molecule has 4 rings (SSSR count). The summed E-state index contributed by atoms with van der Waals surface area (Å²) in [6.07, 6.45) is -2.29. The quantitative estimate of drug-likeness (QED) is 0.624. The highest BCUT2D eigenvalue weighted by molar-refractivity contribution is 7.89. The SMILES string of the molecule is CCOc1ccc(NC(=O)C2CC2c2ccc(C(F)(F)F)cc2)cc1S(=O)(=O)N1CCCC1. The van der Waals surface area contributed by atoms with Crippen molar-refractivity contribution in [2.24, 2.45) is 5.92 Å². The van der Waals surface area contributed by atoms with Crippen molar-refractivity contribution < 1.29 is 31.1 Å². The van der Waals surface area contributed by atoms with Crippen molar-refractivity contribution in [1.82, 2.24) is 4.31 Å². The first-order chi connectivity index (χ1) is 15.6. The molecular weight excluding hydrogens is 457 g/mol. The number of hydrogen-bond donors (Lipinski definition) is 1. The summed E-state index contributed by atoms with van der Waals surface area (Å²) in [5.41, 5.74) is 0.278. The topological polar surface area (TPSA) is 75.7 Å². The van der Waals surface area contributed by atoms with Gasteiger partial charge in [0.25, 0.3) is 0 Å². The molecular formula is C23H25F3N2O4S. The molecule has 1 N–H and O–H groups in total. The fourth-order valence-electron chi connectivity index (χ4n) is 4.14. The van der Waals surface area contributed by atoms with Crippen LogP contribution in [0.3, 0.4) is 0 Å². The zero-order valence-electron chi connectivity index (χ0n) is 18.1.